The maximum atomic E-state index is 12.0. The molecule has 0 bridgehead atoms. The van der Waals surface area contributed by atoms with E-state index in [0.29, 0.717) is 5.69 Å². The fourth-order valence-electron chi connectivity index (χ4n) is 2.17. The van der Waals surface area contributed by atoms with Crippen molar-refractivity contribution < 1.29 is 17.9 Å². The molecule has 1 N–H and O–H groups in total. The second kappa shape index (κ2) is 6.42. The van der Waals surface area contributed by atoms with Crippen molar-refractivity contribution in [2.75, 3.05) is 7.05 Å². The zero-order chi connectivity index (χ0) is 17.2. The Morgan fingerprint density at radius 2 is 1.96 bits per heavy atom. The van der Waals surface area contributed by atoms with Crippen LogP contribution in [0.25, 0.3) is 5.65 Å². The van der Waals surface area contributed by atoms with Crippen molar-refractivity contribution in [1.82, 2.24) is 14.1 Å². The van der Waals surface area contributed by atoms with Crippen LogP contribution in [-0.2, 0) is 21.4 Å². The maximum absolute atomic E-state index is 12.0. The number of nitrogens with zero attached hydrogens (tertiary/aromatic N) is 2. The second-order valence-corrected chi connectivity index (χ2v) is 6.89. The average molecular weight is 345 g/mol. The van der Waals surface area contributed by atoms with Crippen molar-refractivity contribution in [3.8, 4) is 0 Å². The first-order chi connectivity index (χ1) is 11.5. The van der Waals surface area contributed by atoms with Gasteiger partial charge in [0.2, 0.25) is 10.0 Å². The lowest BCUT2D eigenvalue weighted by molar-refractivity contribution is 0.0468. The summed E-state index contributed by atoms with van der Waals surface area (Å²) in [5, 5.41) is 0. The number of pyridine rings is 1. The van der Waals surface area contributed by atoms with Gasteiger partial charge in [-0.2, -0.15) is 0 Å². The molecule has 0 atom stereocenters. The first-order valence-corrected chi connectivity index (χ1v) is 8.61. The normalized spacial score (nSPS) is 11.5. The highest BCUT2D eigenvalue weighted by Gasteiger charge is 2.13. The van der Waals surface area contributed by atoms with E-state index in [4.69, 9.17) is 4.74 Å². The number of hydrogen-bond acceptors (Lipinski definition) is 5. The average Bonchev–Trinajstić information content (AvgIpc) is 3.02. The van der Waals surface area contributed by atoms with Crippen molar-refractivity contribution in [1.29, 1.82) is 0 Å². The molecule has 0 aliphatic heterocycles. The fourth-order valence-corrected chi connectivity index (χ4v) is 2.90. The molecule has 0 fully saturated rings. The molecule has 3 rings (SSSR count). The first-order valence-electron chi connectivity index (χ1n) is 7.13. The Kier molecular flexibility index (Phi) is 4.32. The van der Waals surface area contributed by atoms with Crippen LogP contribution in [0.3, 0.4) is 0 Å². The third kappa shape index (κ3) is 3.29. The molecular weight excluding hydrogens is 330 g/mol. The lowest BCUT2D eigenvalue weighted by atomic mass is 10.2. The van der Waals surface area contributed by atoms with E-state index in [2.05, 4.69) is 9.71 Å². The summed E-state index contributed by atoms with van der Waals surface area (Å²) >= 11 is 0. The van der Waals surface area contributed by atoms with E-state index in [-0.39, 0.29) is 17.1 Å². The number of imidazole rings is 1. The highest BCUT2D eigenvalue weighted by molar-refractivity contribution is 7.89. The van der Waals surface area contributed by atoms with Crippen LogP contribution in [0.15, 0.2) is 59.8 Å². The number of hydrogen-bond donors (Lipinski definition) is 1. The van der Waals surface area contributed by atoms with Crippen LogP contribution in [0.5, 0.6) is 0 Å². The number of nitrogens with one attached hydrogen (secondary N) is 1. The Hall–Kier alpha value is -2.71. The van der Waals surface area contributed by atoms with Gasteiger partial charge < -0.3 is 9.14 Å². The molecule has 0 radical (unpaired) electrons. The molecule has 0 amide bonds. The van der Waals surface area contributed by atoms with Crippen LogP contribution in [0.1, 0.15) is 16.1 Å². The molecule has 0 unspecified atom stereocenters. The number of esters is 1. The third-order valence-corrected chi connectivity index (χ3v) is 4.86. The van der Waals surface area contributed by atoms with Gasteiger partial charge in [-0.05, 0) is 43.4 Å². The summed E-state index contributed by atoms with van der Waals surface area (Å²) in [5.74, 6) is -0.541. The number of carbonyl (C=O) groups excluding carboxylic acids is 1. The van der Waals surface area contributed by atoms with E-state index in [9.17, 15) is 13.2 Å². The van der Waals surface area contributed by atoms with Crippen LogP contribution >= 0.6 is 0 Å². The Morgan fingerprint density at radius 1 is 1.21 bits per heavy atom. The summed E-state index contributed by atoms with van der Waals surface area (Å²) < 4.78 is 32.5. The van der Waals surface area contributed by atoms with E-state index in [1.54, 1.807) is 6.20 Å². The van der Waals surface area contributed by atoms with Crippen LogP contribution in [-0.4, -0.2) is 30.8 Å². The molecule has 1 aromatic carbocycles. The van der Waals surface area contributed by atoms with E-state index in [1.807, 2.05) is 28.8 Å². The van der Waals surface area contributed by atoms with Crippen molar-refractivity contribution in [3.63, 3.8) is 0 Å². The quantitative estimate of drug-likeness (QED) is 0.710. The Balaban J connectivity index is 1.68. The minimum Gasteiger partial charge on any atom is -0.456 e. The van der Waals surface area contributed by atoms with Gasteiger partial charge in [-0.1, -0.05) is 6.07 Å². The van der Waals surface area contributed by atoms with Gasteiger partial charge in [-0.25, -0.2) is 22.9 Å². The number of benzene rings is 1. The third-order valence-electron chi connectivity index (χ3n) is 3.43. The first kappa shape index (κ1) is 16.2. The van der Waals surface area contributed by atoms with E-state index >= 15 is 0 Å². The van der Waals surface area contributed by atoms with Gasteiger partial charge in [-0.15, -0.1) is 0 Å². The molecule has 124 valence electrons. The minimum absolute atomic E-state index is 0.0388. The molecule has 0 saturated heterocycles. The minimum atomic E-state index is -3.53. The molecule has 0 saturated carbocycles. The predicted octanol–water partition coefficient (Wildman–Crippen LogP) is 1.60. The standard InChI is InChI=1S/C16H15N3O4S/c1-17-24(21,22)14-7-5-12(6-8-14)16(20)23-11-13-10-19-9-3-2-4-15(19)18-13/h2-10,17H,11H2,1H3. The summed E-state index contributed by atoms with van der Waals surface area (Å²) in [6.07, 6.45) is 3.64. The molecule has 3 aromatic rings. The van der Waals surface area contributed by atoms with Crippen molar-refractivity contribution in [2.45, 2.75) is 11.5 Å². The summed E-state index contributed by atoms with van der Waals surface area (Å²) in [6.45, 7) is 0.0388. The highest BCUT2D eigenvalue weighted by Crippen LogP contribution is 2.12. The summed E-state index contributed by atoms with van der Waals surface area (Å²) in [7, 11) is -2.20. The molecule has 8 heteroatoms. The van der Waals surface area contributed by atoms with Gasteiger partial charge in [0.1, 0.15) is 12.3 Å². The molecular formula is C16H15N3O4S. The Bertz CT molecular complexity index is 945. The summed E-state index contributed by atoms with van der Waals surface area (Å²) in [5.41, 5.74) is 1.67. The van der Waals surface area contributed by atoms with Crippen molar-refractivity contribution in [2.24, 2.45) is 0 Å². The lowest BCUT2D eigenvalue weighted by Gasteiger charge is -2.05. The molecule has 2 aromatic heterocycles. The van der Waals surface area contributed by atoms with Gasteiger partial charge in [0.05, 0.1) is 16.2 Å². The van der Waals surface area contributed by atoms with E-state index in [0.717, 1.165) is 5.65 Å². The van der Waals surface area contributed by atoms with Crippen molar-refractivity contribution in [3.05, 3.63) is 66.1 Å². The van der Waals surface area contributed by atoms with Crippen molar-refractivity contribution >= 4 is 21.6 Å². The second-order valence-electron chi connectivity index (χ2n) is 5.01. The Morgan fingerprint density at radius 3 is 2.62 bits per heavy atom. The molecule has 0 aliphatic carbocycles. The van der Waals surface area contributed by atoms with Gasteiger partial charge in [0, 0.05) is 12.4 Å². The number of carbonyl (C=O) groups is 1. The summed E-state index contributed by atoms with van der Waals surface area (Å²) in [4.78, 5) is 16.5. The van der Waals surface area contributed by atoms with Gasteiger partial charge in [0.25, 0.3) is 0 Å². The lowest BCUT2D eigenvalue weighted by Crippen LogP contribution is -2.18. The maximum Gasteiger partial charge on any atom is 0.338 e. The van der Waals surface area contributed by atoms with Gasteiger partial charge in [0.15, 0.2) is 0 Å². The highest BCUT2D eigenvalue weighted by atomic mass is 32.2. The SMILES string of the molecule is CNS(=O)(=O)c1ccc(C(=O)OCc2cn3ccccc3n2)cc1. The van der Waals surface area contributed by atoms with E-state index < -0.39 is 16.0 Å². The molecule has 24 heavy (non-hydrogen) atoms. The summed E-state index contributed by atoms with van der Waals surface area (Å²) in [6, 6.07) is 11.1. The molecule has 2 heterocycles. The fraction of sp³-hybridized carbons (Fsp3) is 0.125. The topological polar surface area (TPSA) is 89.8 Å². The zero-order valence-electron chi connectivity index (χ0n) is 12.8. The van der Waals surface area contributed by atoms with Gasteiger partial charge >= 0.3 is 5.97 Å². The molecule has 7 nitrogen and oxygen atoms in total. The van der Waals surface area contributed by atoms with Gasteiger partial charge in [-0.3, -0.25) is 0 Å². The van der Waals surface area contributed by atoms with Crippen LogP contribution < -0.4 is 4.72 Å². The monoisotopic (exact) mass is 345 g/mol. The van der Waals surface area contributed by atoms with Crippen LogP contribution in [0.4, 0.5) is 0 Å². The number of ether oxygens (including phenoxy) is 1. The Labute approximate surface area is 139 Å². The molecule has 0 aliphatic rings. The van der Waals surface area contributed by atoms with Crippen LogP contribution in [0, 0.1) is 0 Å². The zero-order valence-corrected chi connectivity index (χ0v) is 13.7. The van der Waals surface area contributed by atoms with E-state index in [1.165, 1.54) is 31.3 Å². The molecule has 0 spiro atoms. The largest absolute Gasteiger partial charge is 0.456 e. The number of aromatic nitrogens is 2. The number of fused-ring (bicyclic) bond motifs is 1. The van der Waals surface area contributed by atoms with Crippen LogP contribution in [0.2, 0.25) is 0 Å². The smallest absolute Gasteiger partial charge is 0.338 e. The number of sulfonamides is 1. The number of rotatable bonds is 5. The predicted molar refractivity (Wildman–Crippen MR) is 87.0 cm³/mol.